The van der Waals surface area contributed by atoms with Gasteiger partial charge in [-0.3, -0.25) is 19.5 Å². The second kappa shape index (κ2) is 7.25. The summed E-state index contributed by atoms with van der Waals surface area (Å²) in [7, 11) is 1.57. The zero-order chi connectivity index (χ0) is 18.8. The number of likely N-dealkylation sites (N-methyl/N-ethyl adjacent to an activating group) is 1. The summed E-state index contributed by atoms with van der Waals surface area (Å²) in [6.07, 6.45) is 0.903. The molecule has 8 heteroatoms. The van der Waals surface area contributed by atoms with Crippen LogP contribution in [0.5, 0.6) is 0 Å². The highest BCUT2D eigenvalue weighted by molar-refractivity contribution is 5.94. The second-order valence-corrected chi connectivity index (χ2v) is 7.57. The fraction of sp³-hybridized carbons (Fsp3) is 0.647. The average molecular weight is 350 g/mol. The van der Waals surface area contributed by atoms with Crippen molar-refractivity contribution in [1.82, 2.24) is 20.0 Å². The Morgan fingerprint density at radius 3 is 2.40 bits per heavy atom. The summed E-state index contributed by atoms with van der Waals surface area (Å²) < 4.78 is 0. The summed E-state index contributed by atoms with van der Waals surface area (Å²) in [5, 5.41) is 15.9. The molecule has 1 aromatic heterocycles. The highest BCUT2D eigenvalue weighted by Crippen LogP contribution is 2.21. The molecule has 25 heavy (non-hydrogen) atoms. The Balaban J connectivity index is 1.92. The molecule has 1 aliphatic heterocycles. The predicted molar refractivity (Wildman–Crippen MR) is 91.2 cm³/mol. The number of hydrogen-bond donors (Lipinski definition) is 2. The molecule has 138 valence electrons. The molecule has 0 saturated carbocycles. The molecular formula is C17H26N4O4. The summed E-state index contributed by atoms with van der Waals surface area (Å²) in [5.74, 6) is -1.69. The van der Waals surface area contributed by atoms with Crippen molar-refractivity contribution in [2.75, 3.05) is 26.7 Å². The van der Waals surface area contributed by atoms with Gasteiger partial charge in [0.2, 0.25) is 5.91 Å². The van der Waals surface area contributed by atoms with Crippen LogP contribution in [0.25, 0.3) is 0 Å². The maximum Gasteiger partial charge on any atom is 0.306 e. The van der Waals surface area contributed by atoms with Crippen molar-refractivity contribution in [2.45, 2.75) is 39.0 Å². The summed E-state index contributed by atoms with van der Waals surface area (Å²) in [5.41, 5.74) is 0.991. The van der Waals surface area contributed by atoms with Gasteiger partial charge in [0.05, 0.1) is 12.5 Å². The first-order chi connectivity index (χ1) is 11.6. The summed E-state index contributed by atoms with van der Waals surface area (Å²) in [4.78, 5) is 38.7. The van der Waals surface area contributed by atoms with Gasteiger partial charge in [0.25, 0.3) is 5.91 Å². The SMILES string of the molecule is CN(CC(=O)N1CCC(C(=O)O)CC1)C(=O)c1cc(C(C)(C)C)[nH]n1. The van der Waals surface area contributed by atoms with Crippen molar-refractivity contribution in [3.05, 3.63) is 17.5 Å². The Bertz CT molecular complexity index is 654. The van der Waals surface area contributed by atoms with E-state index in [2.05, 4.69) is 10.2 Å². The highest BCUT2D eigenvalue weighted by Gasteiger charge is 2.28. The number of H-pyrrole nitrogens is 1. The number of aliphatic carboxylic acids is 1. The van der Waals surface area contributed by atoms with Crippen LogP contribution in [0.2, 0.25) is 0 Å². The van der Waals surface area contributed by atoms with Crippen molar-refractivity contribution in [3.8, 4) is 0 Å². The molecule has 1 fully saturated rings. The minimum Gasteiger partial charge on any atom is -0.481 e. The minimum absolute atomic E-state index is 0.0473. The fourth-order valence-corrected chi connectivity index (χ4v) is 2.76. The quantitative estimate of drug-likeness (QED) is 0.846. The van der Waals surface area contributed by atoms with Crippen LogP contribution < -0.4 is 0 Å². The summed E-state index contributed by atoms with van der Waals surface area (Å²) >= 11 is 0. The van der Waals surface area contributed by atoms with Gasteiger partial charge >= 0.3 is 5.97 Å². The number of nitrogens with zero attached hydrogens (tertiary/aromatic N) is 3. The lowest BCUT2D eigenvalue weighted by molar-refractivity contribution is -0.145. The van der Waals surface area contributed by atoms with E-state index in [4.69, 9.17) is 5.11 Å². The van der Waals surface area contributed by atoms with Crippen molar-refractivity contribution in [2.24, 2.45) is 5.92 Å². The van der Waals surface area contributed by atoms with Gasteiger partial charge in [-0.25, -0.2) is 0 Å². The molecule has 1 aliphatic rings. The topological polar surface area (TPSA) is 107 Å². The van der Waals surface area contributed by atoms with Crippen molar-refractivity contribution >= 4 is 17.8 Å². The largest absolute Gasteiger partial charge is 0.481 e. The van der Waals surface area contributed by atoms with Crippen LogP contribution in [-0.2, 0) is 15.0 Å². The monoisotopic (exact) mass is 350 g/mol. The Morgan fingerprint density at radius 1 is 1.32 bits per heavy atom. The number of carbonyl (C=O) groups excluding carboxylic acids is 2. The van der Waals surface area contributed by atoms with E-state index >= 15 is 0 Å². The predicted octanol–water partition coefficient (Wildman–Crippen LogP) is 1.10. The molecule has 2 rings (SSSR count). The minimum atomic E-state index is -0.812. The van der Waals surface area contributed by atoms with Gasteiger partial charge < -0.3 is 14.9 Å². The molecule has 1 saturated heterocycles. The average Bonchev–Trinajstić information content (AvgIpc) is 3.04. The van der Waals surface area contributed by atoms with Crippen LogP contribution in [0.4, 0.5) is 0 Å². The molecule has 0 aliphatic carbocycles. The number of likely N-dealkylation sites (tertiary alicyclic amines) is 1. The molecule has 0 atom stereocenters. The summed E-state index contributed by atoms with van der Waals surface area (Å²) in [6, 6.07) is 1.71. The smallest absolute Gasteiger partial charge is 0.306 e. The van der Waals surface area contributed by atoms with E-state index in [1.165, 1.54) is 4.90 Å². The van der Waals surface area contributed by atoms with E-state index in [9.17, 15) is 14.4 Å². The van der Waals surface area contributed by atoms with Crippen LogP contribution in [-0.4, -0.2) is 69.6 Å². The standard InChI is InChI=1S/C17H26N4O4/c1-17(2,3)13-9-12(18-19-13)15(23)20(4)10-14(22)21-7-5-11(6-8-21)16(24)25/h9,11H,5-8,10H2,1-4H3,(H,18,19)(H,24,25). The Hall–Kier alpha value is -2.38. The molecule has 8 nitrogen and oxygen atoms in total. The number of amides is 2. The van der Waals surface area contributed by atoms with E-state index < -0.39 is 5.97 Å². The lowest BCUT2D eigenvalue weighted by Crippen LogP contribution is -2.45. The van der Waals surface area contributed by atoms with Crippen molar-refractivity contribution in [1.29, 1.82) is 0 Å². The van der Waals surface area contributed by atoms with Crippen molar-refractivity contribution in [3.63, 3.8) is 0 Å². The van der Waals surface area contributed by atoms with E-state index in [1.807, 2.05) is 20.8 Å². The van der Waals surface area contributed by atoms with Gasteiger partial charge in [0.15, 0.2) is 0 Å². The third-order valence-electron chi connectivity index (χ3n) is 4.52. The van der Waals surface area contributed by atoms with Gasteiger partial charge in [-0.05, 0) is 18.9 Å². The van der Waals surface area contributed by atoms with E-state index in [0.29, 0.717) is 25.9 Å². The number of carboxylic acids is 1. The molecular weight excluding hydrogens is 324 g/mol. The molecule has 2 N–H and O–H groups in total. The fourth-order valence-electron chi connectivity index (χ4n) is 2.76. The number of carbonyl (C=O) groups is 3. The van der Waals surface area contributed by atoms with Crippen molar-refractivity contribution < 1.29 is 19.5 Å². The number of aromatic nitrogens is 2. The number of rotatable bonds is 4. The maximum atomic E-state index is 12.4. The molecule has 0 bridgehead atoms. The van der Waals surface area contributed by atoms with E-state index in [0.717, 1.165) is 5.69 Å². The number of aromatic amines is 1. The second-order valence-electron chi connectivity index (χ2n) is 7.57. The van der Waals surface area contributed by atoms with Gasteiger partial charge in [0, 0.05) is 31.2 Å². The molecule has 1 aromatic rings. The summed E-state index contributed by atoms with van der Waals surface area (Å²) in [6.45, 7) is 6.82. The van der Waals surface area contributed by atoms with Gasteiger partial charge in [0.1, 0.15) is 5.69 Å². The third-order valence-corrected chi connectivity index (χ3v) is 4.52. The molecule has 0 radical (unpaired) electrons. The van der Waals surface area contributed by atoms with Gasteiger partial charge in [-0.1, -0.05) is 20.8 Å². The maximum absolute atomic E-state index is 12.4. The van der Waals surface area contributed by atoms with Crippen LogP contribution >= 0.6 is 0 Å². The van der Waals surface area contributed by atoms with E-state index in [-0.39, 0.29) is 35.4 Å². The normalized spacial score (nSPS) is 15.9. The van der Waals surface area contributed by atoms with Crippen LogP contribution in [0, 0.1) is 5.92 Å². The Labute approximate surface area is 147 Å². The first-order valence-electron chi connectivity index (χ1n) is 8.41. The van der Waals surface area contributed by atoms with Gasteiger partial charge in [-0.2, -0.15) is 5.10 Å². The van der Waals surface area contributed by atoms with Crippen LogP contribution in [0.15, 0.2) is 6.07 Å². The molecule has 2 amide bonds. The zero-order valence-corrected chi connectivity index (χ0v) is 15.2. The first-order valence-corrected chi connectivity index (χ1v) is 8.41. The number of piperidine rings is 1. The molecule has 0 spiro atoms. The number of nitrogens with one attached hydrogen (secondary N) is 1. The lowest BCUT2D eigenvalue weighted by Gasteiger charge is -2.31. The Morgan fingerprint density at radius 2 is 1.92 bits per heavy atom. The van der Waals surface area contributed by atoms with Gasteiger partial charge in [-0.15, -0.1) is 0 Å². The molecule has 0 aromatic carbocycles. The molecule has 0 unspecified atom stereocenters. The van der Waals surface area contributed by atoms with Crippen LogP contribution in [0.1, 0.15) is 49.8 Å². The zero-order valence-electron chi connectivity index (χ0n) is 15.2. The lowest BCUT2D eigenvalue weighted by atomic mass is 9.92. The highest BCUT2D eigenvalue weighted by atomic mass is 16.4. The number of hydrogen-bond acceptors (Lipinski definition) is 4. The molecule has 2 heterocycles. The van der Waals surface area contributed by atoms with E-state index in [1.54, 1.807) is 18.0 Å². The first kappa shape index (κ1) is 19.0. The van der Waals surface area contributed by atoms with Crippen LogP contribution in [0.3, 0.4) is 0 Å². The Kier molecular flexibility index (Phi) is 5.49. The number of carboxylic acid groups (broad SMARTS) is 1. The third kappa shape index (κ3) is 4.58.